The summed E-state index contributed by atoms with van der Waals surface area (Å²) in [6.07, 6.45) is 2.67. The van der Waals surface area contributed by atoms with Gasteiger partial charge in [-0.05, 0) is 13.3 Å². The second-order valence-electron chi connectivity index (χ2n) is 2.86. The first kappa shape index (κ1) is 11.2. The van der Waals surface area contributed by atoms with E-state index < -0.39 is 6.04 Å². The van der Waals surface area contributed by atoms with Crippen LogP contribution >= 0.6 is 0 Å². The van der Waals surface area contributed by atoms with Crippen molar-refractivity contribution >= 4 is 5.91 Å². The molecule has 0 saturated carbocycles. The fourth-order valence-corrected chi connectivity index (χ4v) is 1.01. The van der Waals surface area contributed by atoms with E-state index >= 15 is 0 Å². The third-order valence-corrected chi connectivity index (χ3v) is 1.54. The summed E-state index contributed by atoms with van der Waals surface area (Å²) < 4.78 is 0. The SMILES string of the molecule is C=CCN(CCC)C(=O)C(C)N. The Morgan fingerprint density at radius 1 is 1.75 bits per heavy atom. The first-order valence-electron chi connectivity index (χ1n) is 4.28. The molecule has 3 nitrogen and oxygen atoms in total. The minimum atomic E-state index is -0.406. The highest BCUT2D eigenvalue weighted by Gasteiger charge is 2.14. The molecule has 0 fully saturated rings. The molecule has 1 amide bonds. The van der Waals surface area contributed by atoms with E-state index in [0.29, 0.717) is 6.54 Å². The van der Waals surface area contributed by atoms with Gasteiger partial charge in [0, 0.05) is 13.1 Å². The van der Waals surface area contributed by atoms with Crippen LogP contribution in [0.3, 0.4) is 0 Å². The predicted molar refractivity (Wildman–Crippen MR) is 50.7 cm³/mol. The van der Waals surface area contributed by atoms with Gasteiger partial charge in [-0.2, -0.15) is 0 Å². The van der Waals surface area contributed by atoms with Gasteiger partial charge < -0.3 is 10.6 Å². The molecule has 0 aliphatic heterocycles. The molecule has 0 aliphatic carbocycles. The van der Waals surface area contributed by atoms with Crippen molar-refractivity contribution in [2.75, 3.05) is 13.1 Å². The molecule has 2 N–H and O–H groups in total. The second-order valence-corrected chi connectivity index (χ2v) is 2.86. The molecule has 0 radical (unpaired) electrons. The van der Waals surface area contributed by atoms with E-state index in [1.165, 1.54) is 0 Å². The molecule has 0 spiro atoms. The monoisotopic (exact) mass is 170 g/mol. The minimum absolute atomic E-state index is 0.00301. The number of carbonyl (C=O) groups excluding carboxylic acids is 1. The second kappa shape index (κ2) is 5.77. The van der Waals surface area contributed by atoms with Crippen LogP contribution in [0.15, 0.2) is 12.7 Å². The Bertz CT molecular complexity index is 155. The number of nitrogens with two attached hydrogens (primary N) is 1. The van der Waals surface area contributed by atoms with Gasteiger partial charge in [0.1, 0.15) is 0 Å². The Morgan fingerprint density at radius 2 is 2.33 bits per heavy atom. The van der Waals surface area contributed by atoms with Gasteiger partial charge in [-0.1, -0.05) is 13.0 Å². The normalized spacial score (nSPS) is 12.2. The highest BCUT2D eigenvalue weighted by Crippen LogP contribution is 1.95. The van der Waals surface area contributed by atoms with Crippen LogP contribution in [0.1, 0.15) is 20.3 Å². The molecular formula is C9H18N2O. The van der Waals surface area contributed by atoms with E-state index in [1.807, 2.05) is 6.92 Å². The van der Waals surface area contributed by atoms with Crippen LogP contribution in [0, 0.1) is 0 Å². The molecular weight excluding hydrogens is 152 g/mol. The molecule has 12 heavy (non-hydrogen) atoms. The van der Waals surface area contributed by atoms with Gasteiger partial charge in [-0.3, -0.25) is 4.79 Å². The third kappa shape index (κ3) is 3.53. The molecule has 1 unspecified atom stereocenters. The Balaban J connectivity index is 4.08. The molecule has 70 valence electrons. The molecule has 3 heteroatoms. The van der Waals surface area contributed by atoms with Crippen LogP contribution in [0.5, 0.6) is 0 Å². The summed E-state index contributed by atoms with van der Waals surface area (Å²) in [6, 6.07) is -0.406. The van der Waals surface area contributed by atoms with Gasteiger partial charge in [0.25, 0.3) is 0 Å². The lowest BCUT2D eigenvalue weighted by Gasteiger charge is -2.22. The van der Waals surface area contributed by atoms with Crippen molar-refractivity contribution in [1.29, 1.82) is 0 Å². The molecule has 0 saturated heterocycles. The van der Waals surface area contributed by atoms with Crippen LogP contribution < -0.4 is 5.73 Å². The molecule has 0 aromatic heterocycles. The van der Waals surface area contributed by atoms with E-state index in [2.05, 4.69) is 6.58 Å². The fraction of sp³-hybridized carbons (Fsp3) is 0.667. The van der Waals surface area contributed by atoms with Crippen LogP contribution in [0.2, 0.25) is 0 Å². The van der Waals surface area contributed by atoms with Crippen LogP contribution in [0.25, 0.3) is 0 Å². The largest absolute Gasteiger partial charge is 0.338 e. The number of nitrogens with zero attached hydrogens (tertiary/aromatic N) is 1. The van der Waals surface area contributed by atoms with Crippen molar-refractivity contribution in [3.05, 3.63) is 12.7 Å². The summed E-state index contributed by atoms with van der Waals surface area (Å²) in [7, 11) is 0. The number of carbonyl (C=O) groups is 1. The molecule has 0 aromatic carbocycles. The van der Waals surface area contributed by atoms with Crippen LogP contribution in [0.4, 0.5) is 0 Å². The van der Waals surface area contributed by atoms with Crippen molar-refractivity contribution in [3.8, 4) is 0 Å². The zero-order valence-electron chi connectivity index (χ0n) is 7.92. The summed E-state index contributed by atoms with van der Waals surface area (Å²) in [5.41, 5.74) is 5.47. The Hall–Kier alpha value is -0.830. The summed E-state index contributed by atoms with van der Waals surface area (Å²) >= 11 is 0. The van der Waals surface area contributed by atoms with Gasteiger partial charge in [-0.15, -0.1) is 6.58 Å². The number of rotatable bonds is 5. The Morgan fingerprint density at radius 3 is 2.67 bits per heavy atom. The summed E-state index contributed by atoms with van der Waals surface area (Å²) in [6.45, 7) is 8.67. The van der Waals surface area contributed by atoms with Crippen molar-refractivity contribution in [2.45, 2.75) is 26.3 Å². The van der Waals surface area contributed by atoms with Gasteiger partial charge in [0.15, 0.2) is 0 Å². The quantitative estimate of drug-likeness (QED) is 0.619. The maximum atomic E-state index is 11.4. The average molecular weight is 170 g/mol. The molecule has 0 rings (SSSR count). The summed E-state index contributed by atoms with van der Waals surface area (Å²) in [4.78, 5) is 13.1. The maximum absolute atomic E-state index is 11.4. The van der Waals surface area contributed by atoms with Gasteiger partial charge in [0.2, 0.25) is 5.91 Å². The fourth-order valence-electron chi connectivity index (χ4n) is 1.01. The summed E-state index contributed by atoms with van der Waals surface area (Å²) in [5, 5.41) is 0. The van der Waals surface area contributed by atoms with E-state index in [0.717, 1.165) is 13.0 Å². The van der Waals surface area contributed by atoms with Crippen molar-refractivity contribution in [2.24, 2.45) is 5.73 Å². The lowest BCUT2D eigenvalue weighted by Crippen LogP contribution is -2.42. The maximum Gasteiger partial charge on any atom is 0.239 e. The highest BCUT2D eigenvalue weighted by atomic mass is 16.2. The Labute approximate surface area is 74.2 Å². The third-order valence-electron chi connectivity index (χ3n) is 1.54. The number of amides is 1. The van der Waals surface area contributed by atoms with Gasteiger partial charge in [-0.25, -0.2) is 0 Å². The lowest BCUT2D eigenvalue weighted by molar-refractivity contribution is -0.131. The molecule has 0 aliphatic rings. The van der Waals surface area contributed by atoms with E-state index in [4.69, 9.17) is 5.73 Å². The van der Waals surface area contributed by atoms with E-state index in [-0.39, 0.29) is 5.91 Å². The van der Waals surface area contributed by atoms with E-state index in [9.17, 15) is 4.79 Å². The zero-order valence-corrected chi connectivity index (χ0v) is 7.92. The molecule has 0 bridgehead atoms. The highest BCUT2D eigenvalue weighted by molar-refractivity contribution is 5.81. The topological polar surface area (TPSA) is 46.3 Å². The van der Waals surface area contributed by atoms with Crippen molar-refractivity contribution in [1.82, 2.24) is 4.90 Å². The lowest BCUT2D eigenvalue weighted by atomic mass is 10.3. The number of hydrogen-bond donors (Lipinski definition) is 1. The average Bonchev–Trinajstić information content (AvgIpc) is 2.03. The first-order valence-corrected chi connectivity index (χ1v) is 4.28. The predicted octanol–water partition coefficient (Wildman–Crippen LogP) is 0.758. The van der Waals surface area contributed by atoms with Crippen LogP contribution in [-0.2, 0) is 4.79 Å². The van der Waals surface area contributed by atoms with Crippen molar-refractivity contribution < 1.29 is 4.79 Å². The van der Waals surface area contributed by atoms with Crippen LogP contribution in [-0.4, -0.2) is 29.9 Å². The first-order chi connectivity index (χ1) is 5.63. The standard InChI is InChI=1S/C9H18N2O/c1-4-6-11(7-5-2)9(12)8(3)10/h4,8H,1,5-7,10H2,2-3H3. The summed E-state index contributed by atoms with van der Waals surface area (Å²) in [5.74, 6) is -0.00301. The van der Waals surface area contributed by atoms with E-state index in [1.54, 1.807) is 17.9 Å². The van der Waals surface area contributed by atoms with Gasteiger partial charge >= 0.3 is 0 Å². The molecule has 1 atom stereocenters. The van der Waals surface area contributed by atoms with Gasteiger partial charge in [0.05, 0.1) is 6.04 Å². The minimum Gasteiger partial charge on any atom is -0.338 e. The molecule has 0 aromatic rings. The number of hydrogen-bond acceptors (Lipinski definition) is 2. The Kier molecular flexibility index (Phi) is 5.37. The van der Waals surface area contributed by atoms with Crippen molar-refractivity contribution in [3.63, 3.8) is 0 Å². The smallest absolute Gasteiger partial charge is 0.239 e. The zero-order chi connectivity index (χ0) is 9.56. The molecule has 0 heterocycles.